The third-order valence-electron chi connectivity index (χ3n) is 2.83. The van der Waals surface area contributed by atoms with Gasteiger partial charge < -0.3 is 15.0 Å². The number of benzene rings is 1. The minimum Gasteiger partial charge on any atom is -0.469 e. The first-order valence-electron chi connectivity index (χ1n) is 6.87. The van der Waals surface area contributed by atoms with Crippen molar-refractivity contribution in [3.8, 4) is 0 Å². The quantitative estimate of drug-likeness (QED) is 0.292. The van der Waals surface area contributed by atoms with Crippen LogP contribution in [0.25, 0.3) is 0 Å². The van der Waals surface area contributed by atoms with Gasteiger partial charge >= 0.3 is 5.97 Å². The van der Waals surface area contributed by atoms with Gasteiger partial charge in [0, 0.05) is 24.6 Å². The summed E-state index contributed by atoms with van der Waals surface area (Å²) in [4.78, 5) is 17.6. The number of nitrogens with zero attached hydrogens (tertiary/aromatic N) is 2. The molecule has 1 aromatic carbocycles. The molecule has 22 heavy (non-hydrogen) atoms. The van der Waals surface area contributed by atoms with E-state index in [4.69, 9.17) is 0 Å². The molecule has 0 atom stereocenters. The summed E-state index contributed by atoms with van der Waals surface area (Å²) in [6, 6.07) is 8.17. The normalized spacial score (nSPS) is 10.6. The summed E-state index contributed by atoms with van der Waals surface area (Å²) < 4.78 is 5.68. The Bertz CT molecular complexity index is 480. The van der Waals surface area contributed by atoms with Gasteiger partial charge in [0.2, 0.25) is 0 Å². The highest BCUT2D eigenvalue weighted by molar-refractivity contribution is 14.0. The van der Waals surface area contributed by atoms with E-state index in [-0.39, 0.29) is 36.4 Å². The number of nitrogens with one attached hydrogen (secondary N) is 1. The largest absolute Gasteiger partial charge is 0.469 e. The average molecular weight is 484 g/mol. The topological polar surface area (TPSA) is 53.9 Å². The van der Waals surface area contributed by atoms with Crippen LogP contribution in [0.2, 0.25) is 0 Å². The van der Waals surface area contributed by atoms with Gasteiger partial charge in [-0.1, -0.05) is 28.1 Å². The van der Waals surface area contributed by atoms with E-state index in [0.29, 0.717) is 6.54 Å². The monoisotopic (exact) mass is 483 g/mol. The molecule has 0 fully saturated rings. The maximum atomic E-state index is 11.1. The molecule has 124 valence electrons. The summed E-state index contributed by atoms with van der Waals surface area (Å²) in [5.74, 6) is 0.537. The van der Waals surface area contributed by atoms with Crippen LogP contribution >= 0.6 is 39.9 Å². The summed E-state index contributed by atoms with van der Waals surface area (Å²) in [6.07, 6.45) is 0.289. The Morgan fingerprint density at radius 1 is 1.36 bits per heavy atom. The summed E-state index contributed by atoms with van der Waals surface area (Å²) in [7, 11) is 3.36. The smallest absolute Gasteiger partial charge is 0.307 e. The maximum Gasteiger partial charge on any atom is 0.307 e. The van der Waals surface area contributed by atoms with Gasteiger partial charge in [0.1, 0.15) is 0 Å². The van der Waals surface area contributed by atoms with Crippen molar-refractivity contribution in [2.75, 3.05) is 27.2 Å². The molecule has 0 aliphatic heterocycles. The Hall–Kier alpha value is -0.830. The molecule has 0 amide bonds. The van der Waals surface area contributed by atoms with Crippen molar-refractivity contribution in [2.24, 2.45) is 4.99 Å². The third kappa shape index (κ3) is 7.98. The zero-order chi connectivity index (χ0) is 15.7. The zero-order valence-corrected chi connectivity index (χ0v) is 17.1. The molecule has 0 aliphatic rings. The lowest BCUT2D eigenvalue weighted by atomic mass is 10.2. The number of halogens is 2. The van der Waals surface area contributed by atoms with Crippen LogP contribution in [0.1, 0.15) is 18.9 Å². The summed E-state index contributed by atoms with van der Waals surface area (Å²) in [5.41, 5.74) is 1.19. The second-order valence-electron chi connectivity index (χ2n) is 4.54. The van der Waals surface area contributed by atoms with Gasteiger partial charge in [-0.25, -0.2) is 0 Å². The van der Waals surface area contributed by atoms with E-state index in [1.807, 2.05) is 31.0 Å². The van der Waals surface area contributed by atoms with E-state index in [9.17, 15) is 4.79 Å². The predicted molar refractivity (Wildman–Crippen MR) is 104 cm³/mol. The molecule has 0 saturated carbocycles. The molecule has 1 rings (SSSR count). The fourth-order valence-electron chi connectivity index (χ4n) is 1.76. The Morgan fingerprint density at radius 3 is 2.55 bits per heavy atom. The van der Waals surface area contributed by atoms with E-state index in [0.717, 1.165) is 23.5 Å². The van der Waals surface area contributed by atoms with Crippen molar-refractivity contribution in [1.29, 1.82) is 0 Å². The molecule has 0 unspecified atom stereocenters. The van der Waals surface area contributed by atoms with Gasteiger partial charge in [0.05, 0.1) is 20.1 Å². The lowest BCUT2D eigenvalue weighted by Crippen LogP contribution is -2.38. The second kappa shape index (κ2) is 11.7. The van der Waals surface area contributed by atoms with Crippen molar-refractivity contribution in [2.45, 2.75) is 19.9 Å². The molecule has 0 aliphatic carbocycles. The highest BCUT2D eigenvalue weighted by atomic mass is 127. The number of rotatable bonds is 6. The van der Waals surface area contributed by atoms with Crippen molar-refractivity contribution >= 4 is 51.8 Å². The van der Waals surface area contributed by atoms with E-state index >= 15 is 0 Å². The maximum absolute atomic E-state index is 11.1. The van der Waals surface area contributed by atoms with E-state index in [2.05, 4.69) is 43.1 Å². The summed E-state index contributed by atoms with van der Waals surface area (Å²) >= 11 is 3.43. The number of guanidine groups is 1. The van der Waals surface area contributed by atoms with Crippen LogP contribution in [0.15, 0.2) is 33.7 Å². The van der Waals surface area contributed by atoms with Crippen LogP contribution in [0, 0.1) is 0 Å². The number of ether oxygens (including phenoxy) is 1. The highest BCUT2D eigenvalue weighted by Crippen LogP contribution is 2.11. The first-order chi connectivity index (χ1) is 10.1. The number of aliphatic imine (C=N–C) groups is 1. The number of esters is 1. The molecule has 5 nitrogen and oxygen atoms in total. The average Bonchev–Trinajstić information content (AvgIpc) is 2.48. The molecular formula is C15H23BrIN3O2. The molecule has 1 aromatic rings. The van der Waals surface area contributed by atoms with Crippen LogP contribution in [0.4, 0.5) is 0 Å². The van der Waals surface area contributed by atoms with Gasteiger partial charge in [0.25, 0.3) is 0 Å². The molecule has 0 saturated heterocycles. The molecule has 0 radical (unpaired) electrons. The third-order valence-corrected chi connectivity index (χ3v) is 3.36. The van der Waals surface area contributed by atoms with Crippen molar-refractivity contribution in [3.63, 3.8) is 0 Å². The van der Waals surface area contributed by atoms with E-state index in [1.165, 1.54) is 12.7 Å². The Kier molecular flexibility index (Phi) is 11.3. The summed E-state index contributed by atoms with van der Waals surface area (Å²) in [6.45, 7) is 3.96. The number of methoxy groups -OCH3 is 1. The molecule has 0 bridgehead atoms. The SMILES string of the molecule is CCNC(=NCCC(=O)OC)N(C)Cc1ccc(Br)cc1.I. The minimum atomic E-state index is -0.245. The molecular weight excluding hydrogens is 461 g/mol. The lowest BCUT2D eigenvalue weighted by molar-refractivity contribution is -0.140. The minimum absolute atomic E-state index is 0. The first-order valence-corrected chi connectivity index (χ1v) is 7.66. The van der Waals surface area contributed by atoms with Gasteiger partial charge in [-0.05, 0) is 24.6 Å². The first kappa shape index (κ1) is 21.2. The fraction of sp³-hybridized carbons (Fsp3) is 0.467. The Labute approximate surface area is 157 Å². The lowest BCUT2D eigenvalue weighted by Gasteiger charge is -2.22. The van der Waals surface area contributed by atoms with Crippen molar-refractivity contribution in [3.05, 3.63) is 34.3 Å². The van der Waals surface area contributed by atoms with Crippen LogP contribution < -0.4 is 5.32 Å². The fourth-order valence-corrected chi connectivity index (χ4v) is 2.03. The van der Waals surface area contributed by atoms with E-state index in [1.54, 1.807) is 0 Å². The van der Waals surface area contributed by atoms with Gasteiger partial charge in [0.15, 0.2) is 5.96 Å². The van der Waals surface area contributed by atoms with E-state index < -0.39 is 0 Å². The van der Waals surface area contributed by atoms with Crippen LogP contribution in [-0.4, -0.2) is 44.1 Å². The molecule has 7 heteroatoms. The Balaban J connectivity index is 0.00000441. The molecule has 1 N–H and O–H groups in total. The second-order valence-corrected chi connectivity index (χ2v) is 5.46. The number of hydrogen-bond donors (Lipinski definition) is 1. The molecule has 0 spiro atoms. The van der Waals surface area contributed by atoms with Crippen molar-refractivity contribution < 1.29 is 9.53 Å². The zero-order valence-electron chi connectivity index (χ0n) is 13.1. The summed E-state index contributed by atoms with van der Waals surface area (Å²) in [5, 5.41) is 3.22. The van der Waals surface area contributed by atoms with Gasteiger partial charge in [-0.3, -0.25) is 9.79 Å². The predicted octanol–water partition coefficient (Wildman–Crippen LogP) is 3.03. The molecule has 0 aromatic heterocycles. The standard InChI is InChI=1S/C15H22BrN3O2.HI/c1-4-17-15(18-10-9-14(20)21-3)19(2)11-12-5-7-13(16)8-6-12;/h5-8H,4,9-11H2,1-3H3,(H,17,18);1H. The van der Waals surface area contributed by atoms with Crippen molar-refractivity contribution in [1.82, 2.24) is 10.2 Å². The Morgan fingerprint density at radius 2 is 2.00 bits per heavy atom. The van der Waals surface area contributed by atoms with Crippen LogP contribution in [0.3, 0.4) is 0 Å². The molecule has 0 heterocycles. The van der Waals surface area contributed by atoms with Gasteiger partial charge in [-0.2, -0.15) is 0 Å². The number of carbonyl (C=O) groups is 1. The highest BCUT2D eigenvalue weighted by Gasteiger charge is 2.07. The van der Waals surface area contributed by atoms with Crippen LogP contribution in [0.5, 0.6) is 0 Å². The van der Waals surface area contributed by atoms with Gasteiger partial charge in [-0.15, -0.1) is 24.0 Å². The number of carbonyl (C=O) groups excluding carboxylic acids is 1. The van der Waals surface area contributed by atoms with Crippen LogP contribution in [-0.2, 0) is 16.1 Å². The number of hydrogen-bond acceptors (Lipinski definition) is 3.